The Balaban J connectivity index is 1.97. The molecule has 0 aliphatic rings. The van der Waals surface area contributed by atoms with Crippen LogP contribution in [0.4, 0.5) is 0 Å². The van der Waals surface area contributed by atoms with E-state index >= 15 is 0 Å². The van der Waals surface area contributed by atoms with Crippen molar-refractivity contribution in [3.63, 3.8) is 0 Å². The third-order valence-corrected chi connectivity index (χ3v) is 6.47. The minimum absolute atomic E-state index is 0.281. The summed E-state index contributed by atoms with van der Waals surface area (Å²) < 4.78 is 36.9. The van der Waals surface area contributed by atoms with Crippen LogP contribution in [0.3, 0.4) is 0 Å². The molecule has 0 atom stereocenters. The maximum atomic E-state index is 12.5. The van der Waals surface area contributed by atoms with Crippen molar-refractivity contribution in [1.82, 2.24) is 14.9 Å². The van der Waals surface area contributed by atoms with Crippen molar-refractivity contribution in [3.05, 3.63) is 53.6 Å². The predicted molar refractivity (Wildman–Crippen MR) is 119 cm³/mol. The van der Waals surface area contributed by atoms with Crippen LogP contribution < -0.4 is 20.1 Å². The third kappa shape index (κ3) is 5.87. The number of benzene rings is 2. The number of methoxy groups -OCH3 is 2. The van der Waals surface area contributed by atoms with Crippen molar-refractivity contribution in [1.29, 1.82) is 0 Å². The van der Waals surface area contributed by atoms with Crippen molar-refractivity contribution in [2.24, 2.45) is 4.99 Å². The molecular formula is C21H30N4O4S. The smallest absolute Gasteiger partial charge is 0.242 e. The fraction of sp³-hybridized carbons (Fsp3) is 0.381. The number of hydrogen-bond donors (Lipinski definition) is 2. The first kappa shape index (κ1) is 23.5. The number of nitrogens with one attached hydrogen (secondary N) is 2. The quantitative estimate of drug-likeness (QED) is 0.462. The first-order valence-corrected chi connectivity index (χ1v) is 10.9. The van der Waals surface area contributed by atoms with E-state index in [-0.39, 0.29) is 4.90 Å². The normalized spacial score (nSPS) is 12.0. The lowest BCUT2D eigenvalue weighted by Crippen LogP contribution is -2.38. The number of guanidine groups is 1. The summed E-state index contributed by atoms with van der Waals surface area (Å²) >= 11 is 0. The van der Waals surface area contributed by atoms with E-state index in [2.05, 4.69) is 15.6 Å². The van der Waals surface area contributed by atoms with Gasteiger partial charge in [-0.1, -0.05) is 24.3 Å². The Morgan fingerprint density at radius 1 is 1.03 bits per heavy atom. The van der Waals surface area contributed by atoms with Gasteiger partial charge >= 0.3 is 0 Å². The largest absolute Gasteiger partial charge is 0.493 e. The molecule has 30 heavy (non-hydrogen) atoms. The van der Waals surface area contributed by atoms with E-state index in [0.29, 0.717) is 36.1 Å². The molecule has 0 aliphatic heterocycles. The Morgan fingerprint density at radius 2 is 1.73 bits per heavy atom. The molecule has 0 aromatic heterocycles. The zero-order valence-electron chi connectivity index (χ0n) is 18.1. The Labute approximate surface area is 179 Å². The second-order valence-corrected chi connectivity index (χ2v) is 8.81. The minimum atomic E-state index is -3.52. The van der Waals surface area contributed by atoms with Crippen LogP contribution in [0.5, 0.6) is 11.5 Å². The number of rotatable bonds is 9. The van der Waals surface area contributed by atoms with Gasteiger partial charge in [-0.05, 0) is 35.7 Å². The van der Waals surface area contributed by atoms with Gasteiger partial charge in [-0.25, -0.2) is 12.7 Å². The van der Waals surface area contributed by atoms with Gasteiger partial charge in [0, 0.05) is 34.2 Å². The SMILES string of the molecule is CN=C(NCCc1ccc(OC)c(OC)c1)NCc1ccccc1S(=O)(=O)N(C)C. The summed E-state index contributed by atoms with van der Waals surface area (Å²) in [4.78, 5) is 4.49. The first-order chi connectivity index (χ1) is 14.3. The summed E-state index contributed by atoms with van der Waals surface area (Å²) in [6, 6.07) is 12.7. The van der Waals surface area contributed by atoms with Gasteiger partial charge in [0.1, 0.15) is 0 Å². The molecule has 0 saturated carbocycles. The third-order valence-electron chi connectivity index (χ3n) is 4.56. The molecule has 2 rings (SSSR count). The highest BCUT2D eigenvalue weighted by Crippen LogP contribution is 2.27. The molecule has 0 unspecified atom stereocenters. The number of nitrogens with zero attached hydrogens (tertiary/aromatic N) is 2. The maximum absolute atomic E-state index is 12.5. The molecule has 0 aliphatic carbocycles. The second kappa shape index (κ2) is 10.8. The summed E-state index contributed by atoms with van der Waals surface area (Å²) in [5, 5.41) is 6.42. The van der Waals surface area contributed by atoms with Crippen LogP contribution in [0.1, 0.15) is 11.1 Å². The molecule has 0 saturated heterocycles. The van der Waals surface area contributed by atoms with Crippen LogP contribution in [-0.4, -0.2) is 60.6 Å². The summed E-state index contributed by atoms with van der Waals surface area (Å²) in [5.41, 5.74) is 1.77. The van der Waals surface area contributed by atoms with E-state index in [1.165, 1.54) is 18.4 Å². The minimum Gasteiger partial charge on any atom is -0.493 e. The van der Waals surface area contributed by atoms with Gasteiger partial charge in [0.05, 0.1) is 19.1 Å². The van der Waals surface area contributed by atoms with Crippen molar-refractivity contribution in [2.45, 2.75) is 17.9 Å². The Bertz CT molecular complexity index is 975. The first-order valence-electron chi connectivity index (χ1n) is 9.49. The zero-order valence-corrected chi connectivity index (χ0v) is 18.9. The van der Waals surface area contributed by atoms with Crippen molar-refractivity contribution in [3.8, 4) is 11.5 Å². The van der Waals surface area contributed by atoms with Crippen LogP contribution in [-0.2, 0) is 23.0 Å². The summed E-state index contributed by atoms with van der Waals surface area (Å²) in [5.74, 6) is 1.97. The molecule has 2 N–H and O–H groups in total. The highest BCUT2D eigenvalue weighted by Gasteiger charge is 2.20. The fourth-order valence-corrected chi connectivity index (χ4v) is 3.97. The van der Waals surface area contributed by atoms with Gasteiger partial charge in [-0.3, -0.25) is 4.99 Å². The number of aliphatic imine (C=N–C) groups is 1. The van der Waals surface area contributed by atoms with Crippen molar-refractivity contribution >= 4 is 16.0 Å². The predicted octanol–water partition coefficient (Wildman–Crippen LogP) is 1.86. The molecule has 0 radical (unpaired) electrons. The van der Waals surface area contributed by atoms with Gasteiger partial charge in [0.15, 0.2) is 17.5 Å². The molecule has 8 nitrogen and oxygen atoms in total. The van der Waals surface area contributed by atoms with Crippen LogP contribution >= 0.6 is 0 Å². The van der Waals surface area contributed by atoms with Crippen molar-refractivity contribution in [2.75, 3.05) is 41.9 Å². The maximum Gasteiger partial charge on any atom is 0.242 e. The zero-order chi connectivity index (χ0) is 22.1. The highest BCUT2D eigenvalue weighted by molar-refractivity contribution is 7.89. The molecule has 2 aromatic rings. The standard InChI is InChI=1S/C21H30N4O4S/c1-22-21(23-13-12-16-10-11-18(28-4)19(14-16)29-5)24-15-17-8-6-7-9-20(17)30(26,27)25(2)3/h6-11,14H,12-13,15H2,1-5H3,(H2,22,23,24). The van der Waals surface area contributed by atoms with Crippen LogP contribution in [0.25, 0.3) is 0 Å². The van der Waals surface area contributed by atoms with E-state index in [0.717, 1.165) is 12.0 Å². The Morgan fingerprint density at radius 3 is 2.37 bits per heavy atom. The average molecular weight is 435 g/mol. The van der Waals surface area contributed by atoms with Gasteiger partial charge in [0.25, 0.3) is 0 Å². The Hall–Kier alpha value is -2.78. The topological polar surface area (TPSA) is 92.3 Å². The van der Waals surface area contributed by atoms with Gasteiger partial charge < -0.3 is 20.1 Å². The lowest BCUT2D eigenvalue weighted by atomic mass is 10.1. The lowest BCUT2D eigenvalue weighted by molar-refractivity contribution is 0.354. The molecule has 9 heteroatoms. The molecule has 0 spiro atoms. The second-order valence-electron chi connectivity index (χ2n) is 6.69. The molecule has 0 amide bonds. The van der Waals surface area contributed by atoms with Crippen molar-refractivity contribution < 1.29 is 17.9 Å². The van der Waals surface area contributed by atoms with E-state index < -0.39 is 10.0 Å². The molecule has 0 heterocycles. The lowest BCUT2D eigenvalue weighted by Gasteiger charge is -2.17. The Kier molecular flexibility index (Phi) is 8.49. The van der Waals surface area contributed by atoms with E-state index in [1.807, 2.05) is 24.3 Å². The number of sulfonamides is 1. The fourth-order valence-electron chi connectivity index (χ4n) is 2.86. The van der Waals surface area contributed by atoms with Crippen LogP contribution in [0, 0.1) is 0 Å². The molecule has 164 valence electrons. The number of hydrogen-bond acceptors (Lipinski definition) is 5. The molecule has 2 aromatic carbocycles. The van der Waals surface area contributed by atoms with E-state index in [4.69, 9.17) is 9.47 Å². The van der Waals surface area contributed by atoms with E-state index in [1.54, 1.807) is 39.5 Å². The van der Waals surface area contributed by atoms with Gasteiger partial charge in [0.2, 0.25) is 10.0 Å². The molecular weight excluding hydrogens is 404 g/mol. The number of ether oxygens (including phenoxy) is 2. The molecule has 0 fully saturated rings. The monoisotopic (exact) mass is 434 g/mol. The summed E-state index contributed by atoms with van der Waals surface area (Å²) in [6.45, 7) is 0.978. The van der Waals surface area contributed by atoms with Crippen LogP contribution in [0.2, 0.25) is 0 Å². The van der Waals surface area contributed by atoms with Gasteiger partial charge in [-0.2, -0.15) is 0 Å². The average Bonchev–Trinajstić information content (AvgIpc) is 2.75. The summed E-state index contributed by atoms with van der Waals surface area (Å²) in [6.07, 6.45) is 0.757. The molecule has 0 bridgehead atoms. The highest BCUT2D eigenvalue weighted by atomic mass is 32.2. The van der Waals surface area contributed by atoms with Crippen LogP contribution in [0.15, 0.2) is 52.4 Å². The summed E-state index contributed by atoms with van der Waals surface area (Å²) in [7, 11) is 4.42. The van der Waals surface area contributed by atoms with Gasteiger partial charge in [-0.15, -0.1) is 0 Å². The van der Waals surface area contributed by atoms with E-state index in [9.17, 15) is 8.42 Å².